The van der Waals surface area contributed by atoms with Gasteiger partial charge in [-0.3, -0.25) is 0 Å². The molecular weight excluding hydrogens is 497 g/mol. The molecule has 0 atom stereocenters. The van der Waals surface area contributed by atoms with Crippen LogP contribution in [0.5, 0.6) is 11.5 Å². The Kier molecular flexibility index (Phi) is 7.84. The molecule has 0 fully saturated rings. The Bertz CT molecular complexity index is 1210. The van der Waals surface area contributed by atoms with Gasteiger partial charge < -0.3 is 24.3 Å². The Labute approximate surface area is 207 Å². The van der Waals surface area contributed by atoms with Crippen molar-refractivity contribution in [2.45, 2.75) is 51.8 Å². The lowest BCUT2D eigenvalue weighted by Crippen LogP contribution is -2.41. The first-order valence-corrected chi connectivity index (χ1v) is 14.0. The Balaban J connectivity index is 1.90. The number of carboxylic acid groups (broad SMARTS) is 1. The van der Waals surface area contributed by atoms with Gasteiger partial charge in [0.15, 0.2) is 14.0 Å². The van der Waals surface area contributed by atoms with Crippen LogP contribution < -0.4 is 14.8 Å². The van der Waals surface area contributed by atoms with Gasteiger partial charge in [-0.2, -0.15) is 5.10 Å². The molecule has 0 saturated heterocycles. The lowest BCUT2D eigenvalue weighted by molar-refractivity contribution is -0.274. The molecule has 0 aliphatic carbocycles. The first-order valence-electron chi connectivity index (χ1n) is 11.1. The second kappa shape index (κ2) is 10.3. The van der Waals surface area contributed by atoms with E-state index in [1.807, 2.05) is 0 Å². The summed E-state index contributed by atoms with van der Waals surface area (Å²) in [5, 5.41) is 16.3. The van der Waals surface area contributed by atoms with Crippen molar-refractivity contribution in [3.8, 4) is 17.2 Å². The summed E-state index contributed by atoms with van der Waals surface area (Å²) in [7, 11) is -1.96. The summed E-state index contributed by atoms with van der Waals surface area (Å²) in [6, 6.07) is 6.74. The number of carbonyl (C=O) groups is 1. The zero-order chi connectivity index (χ0) is 26.7. The molecule has 3 rings (SSSR count). The molecule has 2 N–H and O–H groups in total. The lowest BCUT2D eigenvalue weighted by atomic mass is 10.2. The molecule has 2 aromatic heterocycles. The van der Waals surface area contributed by atoms with E-state index in [-0.39, 0.29) is 23.9 Å². The summed E-state index contributed by atoms with van der Waals surface area (Å²) in [6.45, 7) is 11.2. The topological polar surface area (TPSA) is 108 Å². The van der Waals surface area contributed by atoms with Crippen LogP contribution in [-0.4, -0.2) is 53.9 Å². The van der Waals surface area contributed by atoms with Crippen molar-refractivity contribution in [1.82, 2.24) is 20.1 Å². The van der Waals surface area contributed by atoms with Crippen molar-refractivity contribution < 1.29 is 37.0 Å². The van der Waals surface area contributed by atoms with Crippen LogP contribution in [0.1, 0.15) is 26.5 Å². The maximum atomic E-state index is 12.5. The van der Waals surface area contributed by atoms with Crippen LogP contribution in [-0.2, 0) is 11.0 Å². The number of amides is 1. The molecule has 36 heavy (non-hydrogen) atoms. The molecule has 3 aromatic rings. The number of rotatable bonds is 9. The second-order valence-corrected chi connectivity index (χ2v) is 14.3. The fourth-order valence-electron chi connectivity index (χ4n) is 3.12. The highest BCUT2D eigenvalue weighted by Crippen LogP contribution is 2.36. The highest BCUT2D eigenvalue weighted by molar-refractivity contribution is 6.74. The van der Waals surface area contributed by atoms with Crippen LogP contribution in [0.3, 0.4) is 0 Å². The first-order chi connectivity index (χ1) is 16.7. The molecule has 0 unspecified atom stereocenters. The summed E-state index contributed by atoms with van der Waals surface area (Å²) in [5.41, 5.74) is 1.10. The number of halogens is 3. The molecule has 0 aliphatic rings. The van der Waals surface area contributed by atoms with Gasteiger partial charge in [0.25, 0.3) is 0 Å². The number of aromatic nitrogens is 3. The van der Waals surface area contributed by atoms with E-state index in [1.165, 1.54) is 23.0 Å². The van der Waals surface area contributed by atoms with Gasteiger partial charge in [0.1, 0.15) is 18.1 Å². The first kappa shape index (κ1) is 27.3. The molecule has 0 radical (unpaired) electrons. The van der Waals surface area contributed by atoms with Crippen molar-refractivity contribution in [3.05, 3.63) is 42.2 Å². The number of benzene rings is 1. The third-order valence-electron chi connectivity index (χ3n) is 5.93. The van der Waals surface area contributed by atoms with Crippen LogP contribution >= 0.6 is 0 Å². The molecule has 0 bridgehead atoms. The van der Waals surface area contributed by atoms with E-state index in [0.29, 0.717) is 34.8 Å². The molecule has 2 heterocycles. The molecule has 0 saturated carbocycles. The summed E-state index contributed by atoms with van der Waals surface area (Å²) in [6.07, 6.45) is -4.53. The van der Waals surface area contributed by atoms with Crippen molar-refractivity contribution in [2.24, 2.45) is 0 Å². The van der Waals surface area contributed by atoms with E-state index in [0.717, 1.165) is 12.1 Å². The largest absolute Gasteiger partial charge is 0.573 e. The second-order valence-electron chi connectivity index (χ2n) is 9.52. The van der Waals surface area contributed by atoms with E-state index in [1.54, 1.807) is 6.07 Å². The molecule has 13 heteroatoms. The fourth-order valence-corrected chi connectivity index (χ4v) is 4.15. The highest BCUT2D eigenvalue weighted by Gasteiger charge is 2.37. The maximum Gasteiger partial charge on any atom is 0.573 e. The molecule has 0 aliphatic heterocycles. The maximum absolute atomic E-state index is 12.5. The number of hydrogen-bond acceptors (Lipinski definition) is 6. The molecular formula is C23H29F3N4O5Si. The number of hydrogen-bond donors (Lipinski definition) is 2. The number of nitrogens with zero attached hydrogens (tertiary/aromatic N) is 3. The zero-order valence-corrected chi connectivity index (χ0v) is 21.6. The minimum Gasteiger partial charge on any atom is -0.490 e. The summed E-state index contributed by atoms with van der Waals surface area (Å²) >= 11 is 0. The molecule has 196 valence electrons. The number of fused-ring (bicyclic) bond motifs is 1. The van der Waals surface area contributed by atoms with Crippen molar-refractivity contribution in [2.75, 3.05) is 13.2 Å². The van der Waals surface area contributed by atoms with Gasteiger partial charge in [-0.1, -0.05) is 20.8 Å². The van der Waals surface area contributed by atoms with Crippen LogP contribution in [0.4, 0.5) is 18.0 Å². The van der Waals surface area contributed by atoms with Gasteiger partial charge in [0.05, 0.1) is 29.9 Å². The predicted octanol–water partition coefficient (Wildman–Crippen LogP) is 5.49. The lowest BCUT2D eigenvalue weighted by Gasteiger charge is -2.36. The average molecular weight is 527 g/mol. The Morgan fingerprint density at radius 1 is 1.11 bits per heavy atom. The van der Waals surface area contributed by atoms with Gasteiger partial charge in [-0.25, -0.2) is 14.5 Å². The quantitative estimate of drug-likeness (QED) is 0.281. The third-order valence-corrected chi connectivity index (χ3v) is 10.5. The van der Waals surface area contributed by atoms with Crippen molar-refractivity contribution in [3.63, 3.8) is 0 Å². The van der Waals surface area contributed by atoms with Gasteiger partial charge in [-0.05, 0) is 48.5 Å². The van der Waals surface area contributed by atoms with Gasteiger partial charge in [0.2, 0.25) is 0 Å². The standard InChI is InChI=1S/C23H29F3N4O5Si/c1-22(2,3)36(4,5)34-13-12-33-18-10-11-27-20-19(18)17(14-28-21(31)32)29-30(20)15-6-8-16(9-7-15)35-23(24,25)26/h6-11,28H,12-14H2,1-5H3,(H,31,32). The SMILES string of the molecule is CC(C)(C)[Si](C)(C)OCCOc1ccnc2c1c(CNC(=O)O)nn2-c1ccc(OC(F)(F)F)cc1. The van der Waals surface area contributed by atoms with Gasteiger partial charge in [0, 0.05) is 6.20 Å². The van der Waals surface area contributed by atoms with Crippen LogP contribution in [0.25, 0.3) is 16.7 Å². The minimum atomic E-state index is -4.81. The smallest absolute Gasteiger partial charge is 0.490 e. The average Bonchev–Trinajstić information content (AvgIpc) is 3.13. The molecule has 1 amide bonds. The van der Waals surface area contributed by atoms with Crippen LogP contribution in [0, 0.1) is 0 Å². The zero-order valence-electron chi connectivity index (χ0n) is 20.6. The number of pyridine rings is 1. The Morgan fingerprint density at radius 2 is 1.78 bits per heavy atom. The van der Waals surface area contributed by atoms with E-state index in [4.69, 9.17) is 14.3 Å². The van der Waals surface area contributed by atoms with Crippen molar-refractivity contribution in [1.29, 1.82) is 0 Å². The Morgan fingerprint density at radius 3 is 2.36 bits per heavy atom. The molecule has 0 spiro atoms. The van der Waals surface area contributed by atoms with Gasteiger partial charge >= 0.3 is 12.5 Å². The summed E-state index contributed by atoms with van der Waals surface area (Å²) in [4.78, 5) is 15.5. The molecule has 9 nitrogen and oxygen atoms in total. The van der Waals surface area contributed by atoms with E-state index >= 15 is 0 Å². The van der Waals surface area contributed by atoms with E-state index < -0.39 is 20.8 Å². The van der Waals surface area contributed by atoms with Crippen LogP contribution in [0.2, 0.25) is 18.1 Å². The highest BCUT2D eigenvalue weighted by atomic mass is 28.4. The number of alkyl halides is 3. The number of nitrogens with one attached hydrogen (secondary N) is 1. The minimum absolute atomic E-state index is 0.0500. The normalized spacial score (nSPS) is 12.6. The van der Waals surface area contributed by atoms with Crippen molar-refractivity contribution >= 4 is 25.4 Å². The van der Waals surface area contributed by atoms with Crippen LogP contribution in [0.15, 0.2) is 36.5 Å². The summed E-state index contributed by atoms with van der Waals surface area (Å²) < 4.78 is 55.0. The van der Waals surface area contributed by atoms with Gasteiger partial charge in [-0.15, -0.1) is 13.2 Å². The monoisotopic (exact) mass is 526 g/mol. The molecule has 1 aromatic carbocycles. The Hall–Kier alpha value is -3.32. The third kappa shape index (κ3) is 6.66. The van der Waals surface area contributed by atoms with E-state index in [2.05, 4.69) is 54.0 Å². The number of ether oxygens (including phenoxy) is 2. The fraction of sp³-hybridized carbons (Fsp3) is 0.435. The van der Waals surface area contributed by atoms with E-state index in [9.17, 15) is 18.0 Å². The summed E-state index contributed by atoms with van der Waals surface area (Å²) in [5.74, 6) is 0.0542. The predicted molar refractivity (Wildman–Crippen MR) is 129 cm³/mol.